The molecule has 1 amide bonds. The van der Waals surface area contributed by atoms with Gasteiger partial charge in [-0.25, -0.2) is 0 Å². The Morgan fingerprint density at radius 3 is 2.20 bits per heavy atom. The molecule has 2 rings (SSSR count). The quantitative estimate of drug-likeness (QED) is 0.875. The lowest BCUT2D eigenvalue weighted by molar-refractivity contribution is 0.0951. The summed E-state index contributed by atoms with van der Waals surface area (Å²) >= 11 is 0. The average molecular weight is 268 g/mol. The number of nitrogens with two attached hydrogens (primary N) is 1. The molecule has 20 heavy (non-hydrogen) atoms. The van der Waals surface area contributed by atoms with E-state index in [0.29, 0.717) is 18.7 Å². The Morgan fingerprint density at radius 2 is 1.60 bits per heavy atom. The summed E-state index contributed by atoms with van der Waals surface area (Å²) in [6.07, 6.45) is 0.839. The van der Waals surface area contributed by atoms with Crippen LogP contribution < -0.4 is 11.1 Å². The van der Waals surface area contributed by atoms with Gasteiger partial charge in [0.05, 0.1) is 0 Å². The molecule has 3 nitrogen and oxygen atoms in total. The lowest BCUT2D eigenvalue weighted by atomic mass is 10.1. The number of aryl methyl sites for hydroxylation is 1. The third-order valence-corrected chi connectivity index (χ3v) is 3.22. The third kappa shape index (κ3) is 3.93. The largest absolute Gasteiger partial charge is 0.348 e. The van der Waals surface area contributed by atoms with Crippen LogP contribution in [0, 0.1) is 6.92 Å². The predicted octanol–water partition coefficient (Wildman–Crippen LogP) is 2.43. The lowest BCUT2D eigenvalue weighted by Gasteiger charge is -2.06. The van der Waals surface area contributed by atoms with E-state index >= 15 is 0 Å². The zero-order valence-corrected chi connectivity index (χ0v) is 11.7. The van der Waals surface area contributed by atoms with Crippen molar-refractivity contribution in [1.82, 2.24) is 5.32 Å². The monoisotopic (exact) mass is 268 g/mol. The van der Waals surface area contributed by atoms with Gasteiger partial charge in [-0.15, -0.1) is 0 Å². The average Bonchev–Trinajstić information content (AvgIpc) is 2.47. The molecule has 2 aromatic carbocycles. The molecule has 0 unspecified atom stereocenters. The van der Waals surface area contributed by atoms with Crippen molar-refractivity contribution in [3.8, 4) is 0 Å². The van der Waals surface area contributed by atoms with Gasteiger partial charge >= 0.3 is 0 Å². The van der Waals surface area contributed by atoms with E-state index in [2.05, 4.69) is 5.32 Å². The molecule has 0 saturated carbocycles. The predicted molar refractivity (Wildman–Crippen MR) is 81.5 cm³/mol. The summed E-state index contributed by atoms with van der Waals surface area (Å²) in [7, 11) is 0. The molecule has 104 valence electrons. The molecule has 0 aliphatic carbocycles. The second-order valence-electron chi connectivity index (χ2n) is 4.90. The molecule has 0 bridgehead atoms. The molecule has 2 aromatic rings. The molecule has 0 heterocycles. The Morgan fingerprint density at radius 1 is 1.00 bits per heavy atom. The number of carbonyl (C=O) groups is 1. The van der Waals surface area contributed by atoms with E-state index in [1.54, 1.807) is 0 Å². The Balaban J connectivity index is 1.92. The van der Waals surface area contributed by atoms with E-state index in [0.717, 1.165) is 17.5 Å². The Bertz CT molecular complexity index is 559. The van der Waals surface area contributed by atoms with E-state index in [-0.39, 0.29) is 5.91 Å². The highest BCUT2D eigenvalue weighted by Gasteiger charge is 2.04. The van der Waals surface area contributed by atoms with E-state index < -0.39 is 0 Å². The minimum absolute atomic E-state index is 0.0510. The van der Waals surface area contributed by atoms with Gasteiger partial charge in [-0.05, 0) is 43.1 Å². The van der Waals surface area contributed by atoms with Gasteiger partial charge in [-0.1, -0.05) is 42.0 Å². The first-order chi connectivity index (χ1) is 9.69. The fourth-order valence-electron chi connectivity index (χ4n) is 1.98. The summed E-state index contributed by atoms with van der Waals surface area (Å²) in [6.45, 7) is 3.22. The second-order valence-corrected chi connectivity index (χ2v) is 4.90. The van der Waals surface area contributed by atoms with Crippen LogP contribution in [-0.4, -0.2) is 12.5 Å². The number of benzene rings is 2. The van der Waals surface area contributed by atoms with Crippen LogP contribution in [0.3, 0.4) is 0 Å². The maximum atomic E-state index is 12.0. The van der Waals surface area contributed by atoms with Gasteiger partial charge < -0.3 is 11.1 Å². The number of nitrogens with one attached hydrogen (secondary N) is 1. The molecular weight excluding hydrogens is 248 g/mol. The fraction of sp³-hybridized carbons (Fsp3) is 0.235. The molecule has 3 heteroatoms. The molecule has 0 aromatic heterocycles. The minimum Gasteiger partial charge on any atom is -0.348 e. The van der Waals surface area contributed by atoms with Crippen LogP contribution in [-0.2, 0) is 13.0 Å². The molecule has 0 aliphatic heterocycles. The number of amides is 1. The van der Waals surface area contributed by atoms with Crippen LogP contribution in [0.25, 0.3) is 0 Å². The number of hydrogen-bond donors (Lipinski definition) is 2. The van der Waals surface area contributed by atoms with Crippen molar-refractivity contribution >= 4 is 5.91 Å². The van der Waals surface area contributed by atoms with Crippen LogP contribution in [0.5, 0.6) is 0 Å². The Labute approximate surface area is 119 Å². The molecule has 0 aliphatic rings. The van der Waals surface area contributed by atoms with E-state index in [1.165, 1.54) is 5.56 Å². The van der Waals surface area contributed by atoms with E-state index in [4.69, 9.17) is 5.73 Å². The number of carbonyl (C=O) groups excluding carboxylic acids is 1. The first-order valence-corrected chi connectivity index (χ1v) is 6.82. The lowest BCUT2D eigenvalue weighted by Crippen LogP contribution is -2.22. The van der Waals surface area contributed by atoms with Crippen LogP contribution in [0.2, 0.25) is 0 Å². The highest BCUT2D eigenvalue weighted by Crippen LogP contribution is 2.06. The zero-order valence-electron chi connectivity index (χ0n) is 11.7. The zero-order chi connectivity index (χ0) is 14.4. The van der Waals surface area contributed by atoms with Gasteiger partial charge in [-0.3, -0.25) is 4.79 Å². The molecular formula is C17H20N2O. The smallest absolute Gasteiger partial charge is 0.251 e. The molecule has 0 spiro atoms. The van der Waals surface area contributed by atoms with Gasteiger partial charge in [0.1, 0.15) is 0 Å². The normalized spacial score (nSPS) is 10.3. The van der Waals surface area contributed by atoms with Crippen molar-refractivity contribution in [3.05, 3.63) is 70.8 Å². The van der Waals surface area contributed by atoms with Gasteiger partial charge in [0, 0.05) is 12.1 Å². The Kier molecular flexibility index (Phi) is 4.91. The van der Waals surface area contributed by atoms with Crippen molar-refractivity contribution < 1.29 is 4.79 Å². The molecule has 0 saturated heterocycles. The summed E-state index contributed by atoms with van der Waals surface area (Å²) in [5.74, 6) is -0.0510. The maximum Gasteiger partial charge on any atom is 0.251 e. The van der Waals surface area contributed by atoms with Crippen LogP contribution >= 0.6 is 0 Å². The van der Waals surface area contributed by atoms with Crippen molar-refractivity contribution in [3.63, 3.8) is 0 Å². The first-order valence-electron chi connectivity index (χ1n) is 6.82. The van der Waals surface area contributed by atoms with Crippen molar-refractivity contribution in [2.45, 2.75) is 19.9 Å². The second kappa shape index (κ2) is 6.87. The summed E-state index contributed by atoms with van der Waals surface area (Å²) in [4.78, 5) is 12.0. The third-order valence-electron chi connectivity index (χ3n) is 3.22. The summed E-state index contributed by atoms with van der Waals surface area (Å²) < 4.78 is 0. The Hall–Kier alpha value is -2.13. The van der Waals surface area contributed by atoms with Gasteiger partial charge in [0.15, 0.2) is 0 Å². The van der Waals surface area contributed by atoms with Crippen molar-refractivity contribution in [2.24, 2.45) is 5.73 Å². The summed E-state index contributed by atoms with van der Waals surface area (Å²) in [5.41, 5.74) is 9.65. The van der Waals surface area contributed by atoms with E-state index in [1.807, 2.05) is 55.5 Å². The molecule has 3 N–H and O–H groups in total. The van der Waals surface area contributed by atoms with Gasteiger partial charge in [0.25, 0.3) is 5.91 Å². The summed E-state index contributed by atoms with van der Waals surface area (Å²) in [6, 6.07) is 15.7. The fourth-order valence-corrected chi connectivity index (χ4v) is 1.98. The van der Waals surface area contributed by atoms with E-state index in [9.17, 15) is 4.79 Å². The van der Waals surface area contributed by atoms with Gasteiger partial charge in [0.2, 0.25) is 0 Å². The SMILES string of the molecule is Cc1ccc(CNC(=O)c2ccc(CCN)cc2)cc1. The van der Waals surface area contributed by atoms with Crippen LogP contribution in [0.15, 0.2) is 48.5 Å². The summed E-state index contributed by atoms with van der Waals surface area (Å²) in [5, 5.41) is 2.92. The highest BCUT2D eigenvalue weighted by molar-refractivity contribution is 5.94. The van der Waals surface area contributed by atoms with Crippen LogP contribution in [0.1, 0.15) is 27.0 Å². The maximum absolute atomic E-state index is 12.0. The van der Waals surface area contributed by atoms with Crippen LogP contribution in [0.4, 0.5) is 0 Å². The topological polar surface area (TPSA) is 55.1 Å². The number of rotatable bonds is 5. The highest BCUT2D eigenvalue weighted by atomic mass is 16.1. The van der Waals surface area contributed by atoms with Crippen molar-refractivity contribution in [1.29, 1.82) is 0 Å². The minimum atomic E-state index is -0.0510. The molecule has 0 atom stereocenters. The number of hydrogen-bond acceptors (Lipinski definition) is 2. The molecule has 0 radical (unpaired) electrons. The first kappa shape index (κ1) is 14.3. The standard InChI is InChI=1S/C17H20N2O/c1-13-2-4-15(5-3-13)12-19-17(20)16-8-6-14(7-9-16)10-11-18/h2-9H,10-12,18H2,1H3,(H,19,20). The van der Waals surface area contributed by atoms with Gasteiger partial charge in [-0.2, -0.15) is 0 Å². The van der Waals surface area contributed by atoms with Crippen molar-refractivity contribution in [2.75, 3.05) is 6.54 Å². The molecule has 0 fully saturated rings.